The summed E-state index contributed by atoms with van der Waals surface area (Å²) in [6.07, 6.45) is 0.770. The first-order valence-electron chi connectivity index (χ1n) is 2.20. The zero-order valence-electron chi connectivity index (χ0n) is 3.52. The van der Waals surface area contributed by atoms with Crippen LogP contribution < -0.4 is 5.32 Å². The van der Waals surface area contributed by atoms with Gasteiger partial charge in [-0.25, -0.2) is 9.71 Å². The minimum absolute atomic E-state index is 0.653. The fourth-order valence-corrected chi connectivity index (χ4v) is 0.582. The number of nitrogens with zero attached hydrogens (tertiary/aromatic N) is 1. The predicted molar refractivity (Wildman–Crippen MR) is 21.1 cm³/mol. The van der Waals surface area contributed by atoms with Crippen molar-refractivity contribution in [1.82, 2.24) is 5.32 Å². The first-order chi connectivity index (χ1) is 2.89. The lowest BCUT2D eigenvalue weighted by Crippen LogP contribution is -2.05. The van der Waals surface area contributed by atoms with Gasteiger partial charge in [0.15, 0.2) is 6.30 Å². The minimum Gasteiger partial charge on any atom is -0.229 e. The van der Waals surface area contributed by atoms with E-state index in [1.807, 2.05) is 0 Å². The predicted octanol–water partition coefficient (Wildman–Crippen LogP) is 0.680. The van der Waals surface area contributed by atoms with Crippen molar-refractivity contribution in [2.24, 2.45) is 0 Å². The molecule has 1 fully saturated rings. The van der Waals surface area contributed by atoms with Crippen LogP contribution in [0, 0.1) is 0 Å². The Hall–Kier alpha value is -0.110. The maximum absolute atomic E-state index is 11.8. The van der Waals surface area contributed by atoms with Gasteiger partial charge in [0.05, 0.1) is 0 Å². The molecule has 1 aliphatic rings. The summed E-state index contributed by atoms with van der Waals surface area (Å²) >= 11 is 0. The Bertz CT molecular complexity index is 40.8. The molecular formula is C4H7FN. The van der Waals surface area contributed by atoms with Gasteiger partial charge in [-0.05, 0) is 12.8 Å². The van der Waals surface area contributed by atoms with Crippen molar-refractivity contribution >= 4 is 0 Å². The van der Waals surface area contributed by atoms with E-state index in [0.29, 0.717) is 6.42 Å². The second-order valence-corrected chi connectivity index (χ2v) is 1.48. The van der Waals surface area contributed by atoms with E-state index < -0.39 is 6.30 Å². The molecule has 1 radical (unpaired) electrons. The SMILES string of the molecule is FC1CCC[N]1. The van der Waals surface area contributed by atoms with Gasteiger partial charge in [0, 0.05) is 6.54 Å². The third-order valence-electron chi connectivity index (χ3n) is 0.928. The van der Waals surface area contributed by atoms with Crippen LogP contribution in [0.2, 0.25) is 0 Å². The molecule has 0 saturated carbocycles. The van der Waals surface area contributed by atoms with Gasteiger partial charge in [-0.2, -0.15) is 0 Å². The smallest absolute Gasteiger partial charge is 0.166 e. The average Bonchev–Trinajstić information content (AvgIpc) is 1.86. The molecule has 1 rings (SSSR count). The Balaban J connectivity index is 2.18. The second kappa shape index (κ2) is 1.56. The molecule has 35 valence electrons. The van der Waals surface area contributed by atoms with Crippen molar-refractivity contribution in [3.63, 3.8) is 0 Å². The van der Waals surface area contributed by atoms with Crippen LogP contribution in [-0.2, 0) is 0 Å². The normalized spacial score (nSPS) is 34.5. The molecule has 1 aliphatic heterocycles. The van der Waals surface area contributed by atoms with Crippen molar-refractivity contribution in [3.05, 3.63) is 0 Å². The van der Waals surface area contributed by atoms with E-state index >= 15 is 0 Å². The maximum Gasteiger partial charge on any atom is 0.166 e. The molecule has 0 amide bonds. The van der Waals surface area contributed by atoms with Gasteiger partial charge >= 0.3 is 0 Å². The molecule has 0 spiro atoms. The number of alkyl halides is 1. The first kappa shape index (κ1) is 4.06. The number of rotatable bonds is 0. The van der Waals surface area contributed by atoms with Gasteiger partial charge in [0.25, 0.3) is 0 Å². The van der Waals surface area contributed by atoms with Crippen LogP contribution in [0.3, 0.4) is 0 Å². The van der Waals surface area contributed by atoms with Gasteiger partial charge in [-0.3, -0.25) is 0 Å². The van der Waals surface area contributed by atoms with Crippen LogP contribution in [0.1, 0.15) is 12.8 Å². The third-order valence-corrected chi connectivity index (χ3v) is 0.928. The van der Waals surface area contributed by atoms with E-state index in [4.69, 9.17) is 0 Å². The Morgan fingerprint density at radius 1 is 1.67 bits per heavy atom. The van der Waals surface area contributed by atoms with Crippen molar-refractivity contribution in [2.75, 3.05) is 6.54 Å². The molecule has 1 unspecified atom stereocenters. The second-order valence-electron chi connectivity index (χ2n) is 1.48. The highest BCUT2D eigenvalue weighted by Gasteiger charge is 2.11. The Morgan fingerprint density at radius 3 is 2.67 bits per heavy atom. The highest BCUT2D eigenvalue weighted by molar-refractivity contribution is 4.61. The van der Waals surface area contributed by atoms with E-state index in [-0.39, 0.29) is 0 Å². The van der Waals surface area contributed by atoms with E-state index in [1.165, 1.54) is 0 Å². The zero-order chi connectivity index (χ0) is 4.41. The van der Waals surface area contributed by atoms with Gasteiger partial charge in [0.2, 0.25) is 0 Å². The minimum atomic E-state index is -0.829. The van der Waals surface area contributed by atoms with E-state index in [2.05, 4.69) is 5.32 Å². The van der Waals surface area contributed by atoms with Gasteiger partial charge in [-0.1, -0.05) is 0 Å². The highest BCUT2D eigenvalue weighted by atomic mass is 19.1. The average molecular weight is 88.1 g/mol. The molecule has 0 bridgehead atoms. The summed E-state index contributed by atoms with van der Waals surface area (Å²) in [5.74, 6) is 0. The van der Waals surface area contributed by atoms with E-state index in [0.717, 1.165) is 13.0 Å². The summed E-state index contributed by atoms with van der Waals surface area (Å²) < 4.78 is 11.8. The summed E-state index contributed by atoms with van der Waals surface area (Å²) in [5.41, 5.74) is 0. The Kier molecular flexibility index (Phi) is 1.05. The van der Waals surface area contributed by atoms with Gasteiger partial charge in [-0.15, -0.1) is 0 Å². The molecule has 1 saturated heterocycles. The molecular weight excluding hydrogens is 81.0 g/mol. The lowest BCUT2D eigenvalue weighted by atomic mass is 10.4. The van der Waals surface area contributed by atoms with Crippen LogP contribution in [0.4, 0.5) is 4.39 Å². The lowest BCUT2D eigenvalue weighted by molar-refractivity contribution is 0.306. The van der Waals surface area contributed by atoms with Crippen LogP contribution in [0.15, 0.2) is 0 Å². The monoisotopic (exact) mass is 88.1 g/mol. The highest BCUT2D eigenvalue weighted by Crippen LogP contribution is 2.05. The molecule has 0 N–H and O–H groups in total. The molecule has 1 heterocycles. The summed E-state index contributed by atoms with van der Waals surface area (Å²) in [4.78, 5) is 0. The fourth-order valence-electron chi connectivity index (χ4n) is 0.582. The molecule has 1 atom stereocenters. The van der Waals surface area contributed by atoms with Crippen molar-refractivity contribution in [3.8, 4) is 0 Å². The fraction of sp³-hybridized carbons (Fsp3) is 1.00. The number of hydrogen-bond acceptors (Lipinski definition) is 0. The zero-order valence-corrected chi connectivity index (χ0v) is 3.52. The maximum atomic E-state index is 11.8. The first-order valence-corrected chi connectivity index (χ1v) is 2.20. The molecule has 0 aromatic heterocycles. The van der Waals surface area contributed by atoms with Crippen LogP contribution in [-0.4, -0.2) is 12.8 Å². The van der Waals surface area contributed by atoms with Gasteiger partial charge < -0.3 is 0 Å². The third kappa shape index (κ3) is 0.684. The van der Waals surface area contributed by atoms with Crippen molar-refractivity contribution in [2.45, 2.75) is 19.1 Å². The lowest BCUT2D eigenvalue weighted by Gasteiger charge is -1.87. The number of hydrogen-bond donors (Lipinski definition) is 0. The van der Waals surface area contributed by atoms with E-state index in [9.17, 15) is 4.39 Å². The van der Waals surface area contributed by atoms with Crippen molar-refractivity contribution < 1.29 is 4.39 Å². The molecule has 6 heavy (non-hydrogen) atoms. The molecule has 1 nitrogen and oxygen atoms in total. The van der Waals surface area contributed by atoms with Crippen LogP contribution in [0.5, 0.6) is 0 Å². The van der Waals surface area contributed by atoms with Crippen LogP contribution in [0.25, 0.3) is 0 Å². The molecule has 0 aromatic carbocycles. The Morgan fingerprint density at radius 2 is 2.50 bits per heavy atom. The van der Waals surface area contributed by atoms with Gasteiger partial charge in [0.1, 0.15) is 0 Å². The summed E-state index contributed by atoms with van der Waals surface area (Å²) in [6.45, 7) is 0.737. The molecule has 0 aliphatic carbocycles. The van der Waals surface area contributed by atoms with Crippen molar-refractivity contribution in [1.29, 1.82) is 0 Å². The van der Waals surface area contributed by atoms with Crippen LogP contribution >= 0.6 is 0 Å². The summed E-state index contributed by atoms with van der Waals surface area (Å²) in [5, 5.41) is 3.57. The van der Waals surface area contributed by atoms with E-state index in [1.54, 1.807) is 0 Å². The summed E-state index contributed by atoms with van der Waals surface area (Å²) in [6, 6.07) is 0. The molecule has 2 heteroatoms. The quantitative estimate of drug-likeness (QED) is 0.386. The largest absolute Gasteiger partial charge is 0.229 e. The number of halogens is 1. The Labute approximate surface area is 36.5 Å². The standard InChI is InChI=1S/C4H7FN/c5-4-2-1-3-6-4/h4H,1-3H2. The molecule has 0 aromatic rings. The topological polar surface area (TPSA) is 14.1 Å². The summed E-state index contributed by atoms with van der Waals surface area (Å²) in [7, 11) is 0.